The fourth-order valence-electron chi connectivity index (χ4n) is 1.47. The Morgan fingerprint density at radius 1 is 1.39 bits per heavy atom. The van der Waals surface area contributed by atoms with Crippen LogP contribution in [0.25, 0.3) is 0 Å². The van der Waals surface area contributed by atoms with E-state index in [2.05, 4.69) is 31.2 Å². The molecule has 0 saturated carbocycles. The van der Waals surface area contributed by atoms with E-state index in [1.54, 1.807) is 0 Å². The molecule has 0 aliphatic carbocycles. The third-order valence-electron chi connectivity index (χ3n) is 2.42. The summed E-state index contributed by atoms with van der Waals surface area (Å²) >= 11 is 3.21. The van der Waals surface area contributed by atoms with Crippen LogP contribution in [0.2, 0.25) is 0 Å². The molecule has 1 heterocycles. The minimum Gasteiger partial charge on any atom is -0.378 e. The van der Waals surface area contributed by atoms with Gasteiger partial charge < -0.3 is 15.2 Å². The number of H-pyrrole nitrogens is 1. The zero-order valence-electron chi connectivity index (χ0n) is 10.1. The lowest BCUT2D eigenvalue weighted by molar-refractivity contribution is 1.10. The van der Waals surface area contributed by atoms with E-state index in [9.17, 15) is 4.79 Å². The van der Waals surface area contributed by atoms with Crippen LogP contribution in [0.3, 0.4) is 0 Å². The lowest BCUT2D eigenvalue weighted by Gasteiger charge is -2.14. The summed E-state index contributed by atoms with van der Waals surface area (Å²) in [7, 11) is 3.95. The highest BCUT2D eigenvalue weighted by Gasteiger charge is 2.06. The summed E-state index contributed by atoms with van der Waals surface area (Å²) in [5, 5.41) is 3.10. The van der Waals surface area contributed by atoms with Gasteiger partial charge in [0.05, 0.1) is 6.33 Å². The summed E-state index contributed by atoms with van der Waals surface area (Å²) in [6.07, 6.45) is 1.37. The number of aromatic nitrogens is 2. The quantitative estimate of drug-likeness (QED) is 0.913. The van der Waals surface area contributed by atoms with Gasteiger partial charge in [0.15, 0.2) is 5.82 Å². The van der Waals surface area contributed by atoms with E-state index in [1.807, 2.05) is 43.3 Å². The van der Waals surface area contributed by atoms with E-state index in [0.29, 0.717) is 10.3 Å². The van der Waals surface area contributed by atoms with Crippen LogP contribution in [0, 0.1) is 0 Å². The van der Waals surface area contributed by atoms with Gasteiger partial charge in [-0.05, 0) is 34.1 Å². The molecule has 6 heteroatoms. The van der Waals surface area contributed by atoms with Crippen molar-refractivity contribution in [1.82, 2.24) is 9.97 Å². The average Bonchev–Trinajstić information content (AvgIpc) is 2.35. The molecule has 0 bridgehead atoms. The van der Waals surface area contributed by atoms with Crippen molar-refractivity contribution in [2.75, 3.05) is 24.3 Å². The molecule has 2 N–H and O–H groups in total. The Bertz CT molecular complexity index is 609. The summed E-state index contributed by atoms with van der Waals surface area (Å²) in [5.41, 5.74) is 1.73. The number of aromatic amines is 1. The summed E-state index contributed by atoms with van der Waals surface area (Å²) in [5.74, 6) is 0.495. The van der Waals surface area contributed by atoms with E-state index in [1.165, 1.54) is 6.33 Å². The number of nitrogens with one attached hydrogen (secondary N) is 2. The molecular formula is C12H13BrN4O. The van der Waals surface area contributed by atoms with Crippen LogP contribution in [-0.4, -0.2) is 24.1 Å². The highest BCUT2D eigenvalue weighted by atomic mass is 79.9. The predicted molar refractivity (Wildman–Crippen MR) is 76.6 cm³/mol. The Hall–Kier alpha value is -1.82. The standard InChI is InChI=1S/C12H13BrN4O/c1-17(2)9-5-3-4-8(6-9)16-11-10(13)12(18)15-7-14-11/h3-7H,1-2H3,(H2,14,15,16,18). The fourth-order valence-corrected chi connectivity index (χ4v) is 1.78. The molecule has 5 nitrogen and oxygen atoms in total. The Kier molecular flexibility index (Phi) is 3.66. The highest BCUT2D eigenvalue weighted by molar-refractivity contribution is 9.10. The van der Waals surface area contributed by atoms with Crippen molar-refractivity contribution < 1.29 is 0 Å². The second kappa shape index (κ2) is 5.22. The largest absolute Gasteiger partial charge is 0.378 e. The number of hydrogen-bond donors (Lipinski definition) is 2. The van der Waals surface area contributed by atoms with Gasteiger partial charge >= 0.3 is 0 Å². The smallest absolute Gasteiger partial charge is 0.267 e. The highest BCUT2D eigenvalue weighted by Crippen LogP contribution is 2.23. The summed E-state index contributed by atoms with van der Waals surface area (Å²) in [4.78, 5) is 20.0. The third-order valence-corrected chi connectivity index (χ3v) is 3.16. The number of halogens is 1. The fraction of sp³-hybridized carbons (Fsp3) is 0.167. The van der Waals surface area contributed by atoms with Gasteiger partial charge in [0.25, 0.3) is 5.56 Å². The van der Waals surface area contributed by atoms with E-state index in [0.717, 1.165) is 11.4 Å². The summed E-state index contributed by atoms with van der Waals surface area (Å²) in [6.45, 7) is 0. The Morgan fingerprint density at radius 3 is 2.89 bits per heavy atom. The van der Waals surface area contributed by atoms with Crippen LogP contribution >= 0.6 is 15.9 Å². The van der Waals surface area contributed by atoms with Gasteiger partial charge in [-0.15, -0.1) is 0 Å². The maximum Gasteiger partial charge on any atom is 0.267 e. The van der Waals surface area contributed by atoms with Crippen molar-refractivity contribution in [2.24, 2.45) is 0 Å². The number of anilines is 3. The maximum atomic E-state index is 11.4. The lowest BCUT2D eigenvalue weighted by Crippen LogP contribution is -2.11. The van der Waals surface area contributed by atoms with E-state index in [-0.39, 0.29) is 5.56 Å². The van der Waals surface area contributed by atoms with Gasteiger partial charge in [-0.25, -0.2) is 4.98 Å². The van der Waals surface area contributed by atoms with Gasteiger partial charge in [0.1, 0.15) is 4.47 Å². The first-order chi connectivity index (χ1) is 8.58. The molecule has 2 rings (SSSR count). The first kappa shape index (κ1) is 12.6. The van der Waals surface area contributed by atoms with Crippen LogP contribution in [-0.2, 0) is 0 Å². The zero-order chi connectivity index (χ0) is 13.1. The molecule has 0 aliphatic heterocycles. The molecule has 0 unspecified atom stereocenters. The molecule has 0 spiro atoms. The minimum atomic E-state index is -0.212. The van der Waals surface area contributed by atoms with Crippen molar-refractivity contribution >= 4 is 33.1 Å². The molecule has 0 fully saturated rings. The van der Waals surface area contributed by atoms with E-state index in [4.69, 9.17) is 0 Å². The Labute approximate surface area is 113 Å². The van der Waals surface area contributed by atoms with Gasteiger partial charge in [-0.3, -0.25) is 4.79 Å². The normalized spacial score (nSPS) is 10.2. The molecule has 1 aromatic carbocycles. The average molecular weight is 309 g/mol. The van der Waals surface area contributed by atoms with Gasteiger partial charge in [0.2, 0.25) is 0 Å². The van der Waals surface area contributed by atoms with E-state index < -0.39 is 0 Å². The number of rotatable bonds is 3. The SMILES string of the molecule is CN(C)c1cccc(Nc2nc[nH]c(=O)c2Br)c1. The van der Waals surface area contributed by atoms with Crippen LogP contribution in [0.4, 0.5) is 17.2 Å². The molecular weight excluding hydrogens is 296 g/mol. The van der Waals surface area contributed by atoms with E-state index >= 15 is 0 Å². The van der Waals surface area contributed by atoms with Crippen LogP contribution < -0.4 is 15.8 Å². The predicted octanol–water partition coefficient (Wildman–Crippen LogP) is 2.34. The molecule has 1 aromatic heterocycles. The number of hydrogen-bond acceptors (Lipinski definition) is 4. The summed E-state index contributed by atoms with van der Waals surface area (Å²) in [6, 6.07) is 7.85. The second-order valence-electron chi connectivity index (χ2n) is 3.96. The van der Waals surface area contributed by atoms with Gasteiger partial charge in [-0.2, -0.15) is 0 Å². The van der Waals surface area contributed by atoms with Crippen LogP contribution in [0.5, 0.6) is 0 Å². The van der Waals surface area contributed by atoms with Crippen molar-refractivity contribution in [1.29, 1.82) is 0 Å². The monoisotopic (exact) mass is 308 g/mol. The molecule has 0 amide bonds. The van der Waals surface area contributed by atoms with Crippen LogP contribution in [0.1, 0.15) is 0 Å². The molecule has 0 atom stereocenters. The topological polar surface area (TPSA) is 61.0 Å². The summed E-state index contributed by atoms with van der Waals surface area (Å²) < 4.78 is 0.389. The lowest BCUT2D eigenvalue weighted by atomic mass is 10.2. The molecule has 2 aromatic rings. The van der Waals surface area contributed by atoms with Crippen LogP contribution in [0.15, 0.2) is 39.9 Å². The van der Waals surface area contributed by atoms with Gasteiger partial charge in [-0.1, -0.05) is 6.07 Å². The Balaban J connectivity index is 2.31. The number of benzene rings is 1. The van der Waals surface area contributed by atoms with Crippen molar-refractivity contribution in [2.45, 2.75) is 0 Å². The van der Waals surface area contributed by atoms with Crippen molar-refractivity contribution in [3.63, 3.8) is 0 Å². The molecule has 0 saturated heterocycles. The van der Waals surface area contributed by atoms with Crippen molar-refractivity contribution in [3.8, 4) is 0 Å². The Morgan fingerprint density at radius 2 is 2.17 bits per heavy atom. The maximum absolute atomic E-state index is 11.4. The minimum absolute atomic E-state index is 0.212. The third kappa shape index (κ3) is 2.70. The first-order valence-electron chi connectivity index (χ1n) is 5.35. The van der Waals surface area contributed by atoms with Crippen molar-refractivity contribution in [3.05, 3.63) is 45.4 Å². The second-order valence-corrected chi connectivity index (χ2v) is 4.76. The zero-order valence-corrected chi connectivity index (χ0v) is 11.7. The van der Waals surface area contributed by atoms with Gasteiger partial charge in [0, 0.05) is 25.5 Å². The molecule has 0 aliphatic rings. The molecule has 0 radical (unpaired) electrons. The molecule has 94 valence electrons. The number of nitrogens with zero attached hydrogens (tertiary/aromatic N) is 2. The molecule has 18 heavy (non-hydrogen) atoms. The first-order valence-corrected chi connectivity index (χ1v) is 6.15.